The maximum absolute atomic E-state index is 14.1. The van der Waals surface area contributed by atoms with Gasteiger partial charge in [-0.25, -0.2) is 9.69 Å². The van der Waals surface area contributed by atoms with Crippen LogP contribution in [-0.4, -0.2) is 42.9 Å². The van der Waals surface area contributed by atoms with Gasteiger partial charge in [0.25, 0.3) is 0 Å². The number of carbonyl (C=O) groups excluding carboxylic acids is 3. The van der Waals surface area contributed by atoms with Gasteiger partial charge in [0.05, 0.1) is 36.2 Å². The number of imide groups is 1. The number of ketones is 1. The van der Waals surface area contributed by atoms with Gasteiger partial charge in [0.15, 0.2) is 22.8 Å². The number of hydrogen-bond acceptors (Lipinski definition) is 7. The number of hydrogen-bond donors (Lipinski definition) is 2. The summed E-state index contributed by atoms with van der Waals surface area (Å²) < 4.78 is 11.5. The van der Waals surface area contributed by atoms with Gasteiger partial charge in [-0.15, -0.1) is 0 Å². The van der Waals surface area contributed by atoms with Crippen LogP contribution in [0.1, 0.15) is 34.5 Å². The lowest BCUT2D eigenvalue weighted by atomic mass is 9.75. The van der Waals surface area contributed by atoms with Crippen LogP contribution in [0.15, 0.2) is 71.2 Å². The smallest absolute Gasteiger partial charge is 0.329 e. The molecule has 200 valence electrons. The first-order valence-electron chi connectivity index (χ1n) is 12.1. The lowest BCUT2D eigenvalue weighted by Crippen LogP contribution is -2.53. The minimum absolute atomic E-state index is 0.158. The Balaban J connectivity index is 1.71. The zero-order valence-electron chi connectivity index (χ0n) is 21.3. The fourth-order valence-electron chi connectivity index (χ4n) is 5.70. The molecule has 2 fully saturated rings. The molecule has 0 bridgehead atoms. The van der Waals surface area contributed by atoms with Gasteiger partial charge in [-0.1, -0.05) is 30.3 Å². The topological polar surface area (TPSA) is 122 Å². The van der Waals surface area contributed by atoms with Crippen molar-refractivity contribution in [3.05, 3.63) is 87.9 Å². The van der Waals surface area contributed by atoms with E-state index in [1.54, 1.807) is 42.5 Å². The van der Waals surface area contributed by atoms with Crippen LogP contribution in [0.3, 0.4) is 0 Å². The Morgan fingerprint density at radius 1 is 0.974 bits per heavy atom. The number of nitrogens with zero attached hydrogens (tertiary/aromatic N) is 1. The molecule has 9 nitrogen and oxygen atoms in total. The number of nitrogens with one attached hydrogen (secondary N) is 1. The summed E-state index contributed by atoms with van der Waals surface area (Å²) >= 11 is 3.48. The van der Waals surface area contributed by atoms with Gasteiger partial charge in [0.2, 0.25) is 11.8 Å². The van der Waals surface area contributed by atoms with Crippen molar-refractivity contribution in [2.75, 3.05) is 19.1 Å². The van der Waals surface area contributed by atoms with Crippen LogP contribution in [0, 0.1) is 11.8 Å². The summed E-state index contributed by atoms with van der Waals surface area (Å²) in [5.74, 6) is -4.11. The van der Waals surface area contributed by atoms with E-state index in [0.717, 1.165) is 4.90 Å². The fraction of sp³-hybridized carbons (Fsp3) is 0.241. The number of benzene rings is 3. The third-order valence-electron chi connectivity index (χ3n) is 7.47. The zero-order valence-corrected chi connectivity index (χ0v) is 22.9. The Kier molecular flexibility index (Phi) is 6.77. The second kappa shape index (κ2) is 9.94. The molecule has 0 spiro atoms. The quantitative estimate of drug-likeness (QED) is 0.310. The number of rotatable bonds is 7. The van der Waals surface area contributed by atoms with Crippen molar-refractivity contribution in [1.29, 1.82) is 0 Å². The molecular weight excluding hydrogens is 568 g/mol. The van der Waals surface area contributed by atoms with E-state index in [0.29, 0.717) is 32.7 Å². The van der Waals surface area contributed by atoms with Crippen molar-refractivity contribution in [2.45, 2.75) is 18.5 Å². The van der Waals surface area contributed by atoms with Crippen LogP contribution in [-0.2, 0) is 19.9 Å². The van der Waals surface area contributed by atoms with E-state index >= 15 is 0 Å². The van der Waals surface area contributed by atoms with E-state index in [1.807, 2.05) is 0 Å². The van der Waals surface area contributed by atoms with Gasteiger partial charge < -0.3 is 14.6 Å². The zero-order chi connectivity index (χ0) is 28.1. The molecule has 2 aliphatic heterocycles. The standard InChI is InChI=1S/C29H25BrN2O7/c1-15(33)16-9-11-19(12-10-16)32-26(34)22-23(27(32)35)29(28(36)37,18-7-5-4-6-8-18)31-24(22)17-13-20(30)25(39-3)21(14-17)38-2/h4-14,22-24,31H,1-3H3,(H,36,37). The minimum Gasteiger partial charge on any atom is -0.493 e. The van der Waals surface area contributed by atoms with Gasteiger partial charge in [-0.2, -0.15) is 0 Å². The highest BCUT2D eigenvalue weighted by molar-refractivity contribution is 9.10. The average molecular weight is 593 g/mol. The first kappa shape index (κ1) is 26.6. The van der Waals surface area contributed by atoms with Gasteiger partial charge in [0.1, 0.15) is 0 Å². The van der Waals surface area contributed by atoms with Crippen LogP contribution < -0.4 is 19.7 Å². The molecule has 2 heterocycles. The monoisotopic (exact) mass is 592 g/mol. The Morgan fingerprint density at radius 3 is 2.21 bits per heavy atom. The van der Waals surface area contributed by atoms with Gasteiger partial charge in [-0.3, -0.25) is 19.7 Å². The van der Waals surface area contributed by atoms with E-state index in [9.17, 15) is 24.3 Å². The molecule has 3 aromatic carbocycles. The number of amides is 2. The number of Topliss-reactive ketones (excluding diaryl/α,β-unsaturated/α-hetero) is 1. The largest absolute Gasteiger partial charge is 0.493 e. The van der Waals surface area contributed by atoms with Crippen molar-refractivity contribution >= 4 is 45.2 Å². The molecule has 2 amide bonds. The van der Waals surface area contributed by atoms with Crippen molar-refractivity contribution in [3.8, 4) is 11.5 Å². The molecule has 2 saturated heterocycles. The van der Waals surface area contributed by atoms with E-state index in [1.165, 1.54) is 45.4 Å². The van der Waals surface area contributed by atoms with Crippen LogP contribution in [0.4, 0.5) is 5.69 Å². The highest BCUT2D eigenvalue weighted by Gasteiger charge is 2.69. The van der Waals surface area contributed by atoms with Crippen molar-refractivity contribution in [1.82, 2.24) is 5.32 Å². The van der Waals surface area contributed by atoms with Gasteiger partial charge in [0, 0.05) is 11.6 Å². The minimum atomic E-state index is -1.89. The average Bonchev–Trinajstić information content (AvgIpc) is 3.43. The first-order chi connectivity index (χ1) is 18.6. The number of carboxylic acids is 1. The Morgan fingerprint density at radius 2 is 1.64 bits per heavy atom. The molecule has 3 aromatic rings. The molecule has 0 aromatic heterocycles. The fourth-order valence-corrected chi connectivity index (χ4v) is 6.32. The Bertz CT molecular complexity index is 1490. The normalized spacial score (nSPS) is 24.0. The molecule has 0 aliphatic carbocycles. The molecular formula is C29H25BrN2O7. The predicted octanol–water partition coefficient (Wildman–Crippen LogP) is 4.10. The van der Waals surface area contributed by atoms with Crippen LogP contribution >= 0.6 is 15.9 Å². The highest BCUT2D eigenvalue weighted by Crippen LogP contribution is 2.54. The second-order valence-corrected chi connectivity index (χ2v) is 10.3. The molecule has 4 atom stereocenters. The second-order valence-electron chi connectivity index (χ2n) is 9.46. The number of halogens is 1. The molecule has 0 saturated carbocycles. The third kappa shape index (κ3) is 4.02. The van der Waals surface area contributed by atoms with Crippen molar-refractivity contribution in [3.63, 3.8) is 0 Å². The molecule has 39 heavy (non-hydrogen) atoms. The number of fused-ring (bicyclic) bond motifs is 1. The lowest BCUT2D eigenvalue weighted by Gasteiger charge is -2.31. The number of methoxy groups -OCH3 is 2. The molecule has 0 radical (unpaired) electrons. The summed E-state index contributed by atoms with van der Waals surface area (Å²) in [5, 5.41) is 13.9. The van der Waals surface area contributed by atoms with Crippen LogP contribution in [0.2, 0.25) is 0 Å². The molecule has 2 N–H and O–H groups in total. The SMILES string of the molecule is COc1cc(C2NC(C(=O)O)(c3ccccc3)C3C(=O)N(c4ccc(C(C)=O)cc4)C(=O)C23)cc(Br)c1OC. The number of carbonyl (C=O) groups is 4. The molecule has 10 heteroatoms. The van der Waals surface area contributed by atoms with Crippen LogP contribution in [0.5, 0.6) is 11.5 Å². The first-order valence-corrected chi connectivity index (χ1v) is 12.9. The summed E-state index contributed by atoms with van der Waals surface area (Å²) in [6.07, 6.45) is 0. The summed E-state index contributed by atoms with van der Waals surface area (Å²) in [4.78, 5) is 54.0. The number of aliphatic carboxylic acids is 1. The summed E-state index contributed by atoms with van der Waals surface area (Å²) in [7, 11) is 2.96. The van der Waals surface area contributed by atoms with Crippen LogP contribution in [0.25, 0.3) is 0 Å². The predicted molar refractivity (Wildman–Crippen MR) is 145 cm³/mol. The lowest BCUT2D eigenvalue weighted by molar-refractivity contribution is -0.149. The summed E-state index contributed by atoms with van der Waals surface area (Å²) in [5.41, 5.74) is -0.300. The van der Waals surface area contributed by atoms with Crippen molar-refractivity contribution < 1.29 is 33.8 Å². The maximum Gasteiger partial charge on any atom is 0.329 e. The van der Waals surface area contributed by atoms with Gasteiger partial charge >= 0.3 is 5.97 Å². The number of ether oxygens (including phenoxy) is 2. The Hall–Kier alpha value is -4.02. The van der Waals surface area contributed by atoms with E-state index in [-0.39, 0.29) is 11.5 Å². The van der Waals surface area contributed by atoms with E-state index in [4.69, 9.17) is 9.47 Å². The Labute approximate surface area is 232 Å². The molecule has 2 aliphatic rings. The van der Waals surface area contributed by atoms with E-state index in [2.05, 4.69) is 21.2 Å². The van der Waals surface area contributed by atoms with Gasteiger partial charge in [-0.05, 0) is 70.4 Å². The highest BCUT2D eigenvalue weighted by atomic mass is 79.9. The summed E-state index contributed by atoms with van der Waals surface area (Å²) in [6, 6.07) is 17.0. The third-order valence-corrected chi connectivity index (χ3v) is 8.06. The maximum atomic E-state index is 14.1. The molecule has 5 rings (SSSR count). The number of anilines is 1. The molecule has 4 unspecified atom stereocenters. The number of carboxylic acid groups (broad SMARTS) is 1. The van der Waals surface area contributed by atoms with E-state index < -0.39 is 41.2 Å². The van der Waals surface area contributed by atoms with Crippen molar-refractivity contribution in [2.24, 2.45) is 11.8 Å². The summed E-state index contributed by atoms with van der Waals surface area (Å²) in [6.45, 7) is 1.42.